The average Bonchev–Trinajstić information content (AvgIpc) is 3.52. The van der Waals surface area contributed by atoms with Crippen molar-refractivity contribution in [1.29, 1.82) is 0 Å². The van der Waals surface area contributed by atoms with Crippen LogP contribution in [0.3, 0.4) is 0 Å². The molecule has 0 spiro atoms. The Morgan fingerprint density at radius 2 is 1.19 bits per heavy atom. The molecule has 0 radical (unpaired) electrons. The van der Waals surface area contributed by atoms with E-state index < -0.39 is 7.26 Å². The van der Waals surface area contributed by atoms with E-state index in [1.807, 2.05) is 18.4 Å². The zero-order chi connectivity index (χ0) is 21.1. The molecule has 152 valence electrons. The van der Waals surface area contributed by atoms with Gasteiger partial charge in [0.2, 0.25) is 5.09 Å². The van der Waals surface area contributed by atoms with Crippen molar-refractivity contribution < 1.29 is 8.83 Å². The first-order chi connectivity index (χ1) is 15.3. The topological polar surface area (TPSA) is 39.2 Å². The van der Waals surface area contributed by atoms with Crippen molar-refractivity contribution >= 4 is 40.4 Å². The second kappa shape index (κ2) is 8.58. The molecule has 5 rings (SSSR count). The Bertz CT molecular complexity index is 1160. The molecule has 0 aliphatic rings. The molecule has 0 aliphatic heterocycles. The molecule has 2 heterocycles. The standard InChI is InChI=1S/C26H21NO2PS/c1-31-26-25(27-24(29-26)23-18-11-19-28-23)30(20-12-5-2-6-13-20,21-14-7-3-8-15-21)22-16-9-4-10-17-22/h2-19H,1H3/q+1. The first kappa shape index (κ1) is 19.9. The summed E-state index contributed by atoms with van der Waals surface area (Å²) in [6.45, 7) is 0. The van der Waals surface area contributed by atoms with Crippen LogP contribution in [0.4, 0.5) is 0 Å². The molecule has 0 bridgehead atoms. The molecule has 3 aromatic carbocycles. The number of hydrogen-bond donors (Lipinski definition) is 0. The minimum Gasteiger partial charge on any atom is -0.459 e. The van der Waals surface area contributed by atoms with Gasteiger partial charge in [0.05, 0.1) is 6.26 Å². The highest BCUT2D eigenvalue weighted by Gasteiger charge is 2.52. The van der Waals surface area contributed by atoms with Crippen LogP contribution in [0, 0.1) is 0 Å². The molecule has 2 aromatic heterocycles. The van der Waals surface area contributed by atoms with Gasteiger partial charge in [0.25, 0.3) is 11.3 Å². The lowest BCUT2D eigenvalue weighted by atomic mass is 10.4. The summed E-state index contributed by atoms with van der Waals surface area (Å²) >= 11 is 1.58. The third-order valence-electron chi connectivity index (χ3n) is 5.24. The fourth-order valence-electron chi connectivity index (χ4n) is 3.92. The number of benzene rings is 3. The van der Waals surface area contributed by atoms with E-state index in [9.17, 15) is 0 Å². The monoisotopic (exact) mass is 442 g/mol. The van der Waals surface area contributed by atoms with Gasteiger partial charge < -0.3 is 8.83 Å². The highest BCUT2D eigenvalue weighted by Crippen LogP contribution is 2.55. The van der Waals surface area contributed by atoms with Gasteiger partial charge in [0.15, 0.2) is 13.0 Å². The third kappa shape index (κ3) is 3.42. The van der Waals surface area contributed by atoms with Crippen molar-refractivity contribution in [2.75, 3.05) is 6.26 Å². The maximum atomic E-state index is 6.26. The number of thioether (sulfide) groups is 1. The molecular weight excluding hydrogens is 421 g/mol. The van der Waals surface area contributed by atoms with Gasteiger partial charge in [-0.05, 0) is 54.8 Å². The highest BCUT2D eigenvalue weighted by atomic mass is 32.2. The van der Waals surface area contributed by atoms with Crippen LogP contribution in [-0.2, 0) is 0 Å². The molecule has 0 aliphatic carbocycles. The minimum atomic E-state index is -2.31. The van der Waals surface area contributed by atoms with Crippen LogP contribution < -0.4 is 21.3 Å². The van der Waals surface area contributed by atoms with E-state index in [-0.39, 0.29) is 0 Å². The van der Waals surface area contributed by atoms with Gasteiger partial charge in [-0.2, -0.15) is 4.98 Å². The lowest BCUT2D eigenvalue weighted by molar-refractivity contribution is 0.462. The zero-order valence-electron chi connectivity index (χ0n) is 17.0. The molecule has 0 N–H and O–H groups in total. The van der Waals surface area contributed by atoms with Crippen LogP contribution in [0.2, 0.25) is 0 Å². The van der Waals surface area contributed by atoms with Gasteiger partial charge in [-0.25, -0.2) is 0 Å². The molecule has 0 amide bonds. The van der Waals surface area contributed by atoms with Crippen molar-refractivity contribution in [3.05, 3.63) is 109 Å². The van der Waals surface area contributed by atoms with E-state index in [0.29, 0.717) is 11.7 Å². The summed E-state index contributed by atoms with van der Waals surface area (Å²) in [4.78, 5) is 5.09. The van der Waals surface area contributed by atoms with Gasteiger partial charge in [-0.1, -0.05) is 66.4 Å². The summed E-state index contributed by atoms with van der Waals surface area (Å²) in [5, 5.41) is 4.53. The molecular formula is C26H21NO2PS+. The molecule has 0 unspecified atom stereocenters. The molecule has 0 saturated heterocycles. The van der Waals surface area contributed by atoms with Crippen LogP contribution in [0.1, 0.15) is 0 Å². The Morgan fingerprint density at radius 1 is 0.677 bits per heavy atom. The molecule has 31 heavy (non-hydrogen) atoms. The lowest BCUT2D eigenvalue weighted by Crippen LogP contribution is -2.39. The Hall–Kier alpha value is -3.07. The number of hydrogen-bond acceptors (Lipinski definition) is 4. The summed E-state index contributed by atoms with van der Waals surface area (Å²) in [5.41, 5.74) is 0.968. The van der Waals surface area contributed by atoms with Crippen molar-refractivity contribution in [2.24, 2.45) is 0 Å². The first-order valence-corrected chi connectivity index (χ1v) is 13.0. The van der Waals surface area contributed by atoms with Crippen molar-refractivity contribution in [1.82, 2.24) is 4.98 Å². The highest BCUT2D eigenvalue weighted by molar-refractivity contribution is 8.04. The fourth-order valence-corrected chi connectivity index (χ4v) is 9.04. The van der Waals surface area contributed by atoms with Gasteiger partial charge in [-0.15, -0.1) is 0 Å². The van der Waals surface area contributed by atoms with Crippen LogP contribution in [0.15, 0.2) is 123 Å². The van der Waals surface area contributed by atoms with Crippen LogP contribution in [0.25, 0.3) is 11.7 Å². The summed E-state index contributed by atoms with van der Waals surface area (Å²) < 4.78 is 11.9. The normalized spacial score (nSPS) is 11.5. The van der Waals surface area contributed by atoms with E-state index in [1.54, 1.807) is 18.0 Å². The second-order valence-electron chi connectivity index (χ2n) is 6.99. The smallest absolute Gasteiger partial charge is 0.267 e. The van der Waals surface area contributed by atoms with Crippen LogP contribution in [0.5, 0.6) is 0 Å². The van der Waals surface area contributed by atoms with Gasteiger partial charge in [0, 0.05) is 0 Å². The number of aromatic nitrogens is 1. The Kier molecular flexibility index (Phi) is 5.50. The number of oxazole rings is 1. The maximum absolute atomic E-state index is 6.26. The molecule has 3 nitrogen and oxygen atoms in total. The van der Waals surface area contributed by atoms with E-state index in [1.165, 1.54) is 15.9 Å². The zero-order valence-corrected chi connectivity index (χ0v) is 18.7. The summed E-state index contributed by atoms with van der Waals surface area (Å²) in [7, 11) is -2.31. The molecule has 0 saturated carbocycles. The van der Waals surface area contributed by atoms with Gasteiger partial charge in [-0.3, -0.25) is 0 Å². The van der Waals surface area contributed by atoms with E-state index in [2.05, 4.69) is 91.0 Å². The summed E-state index contributed by atoms with van der Waals surface area (Å²) in [6, 6.07) is 35.7. The molecule has 5 aromatic rings. The minimum absolute atomic E-state index is 0.511. The SMILES string of the molecule is CSc1oc(-c2ccco2)nc1[P+](c1ccccc1)(c1ccccc1)c1ccccc1. The quantitative estimate of drug-likeness (QED) is 0.265. The van der Waals surface area contributed by atoms with Crippen LogP contribution >= 0.6 is 19.0 Å². The predicted octanol–water partition coefficient (Wildman–Crippen LogP) is 5.28. The lowest BCUT2D eigenvalue weighted by Gasteiger charge is -2.25. The number of nitrogens with zero attached hydrogens (tertiary/aromatic N) is 1. The molecule has 0 fully saturated rings. The number of rotatable bonds is 6. The van der Waals surface area contributed by atoms with Crippen LogP contribution in [-0.4, -0.2) is 11.2 Å². The van der Waals surface area contributed by atoms with E-state index in [0.717, 1.165) is 10.5 Å². The summed E-state index contributed by atoms with van der Waals surface area (Å²) in [6.07, 6.45) is 3.68. The predicted molar refractivity (Wildman–Crippen MR) is 131 cm³/mol. The Labute approximate surface area is 186 Å². The molecule has 0 atom stereocenters. The second-order valence-corrected chi connectivity index (χ2v) is 11.1. The average molecular weight is 443 g/mol. The van der Waals surface area contributed by atoms with E-state index >= 15 is 0 Å². The van der Waals surface area contributed by atoms with Crippen molar-refractivity contribution in [3.63, 3.8) is 0 Å². The first-order valence-electron chi connectivity index (χ1n) is 9.99. The van der Waals surface area contributed by atoms with Gasteiger partial charge in [0.1, 0.15) is 15.9 Å². The summed E-state index contributed by atoms with van der Waals surface area (Å²) in [5.74, 6) is 1.14. The number of furan rings is 1. The maximum Gasteiger partial charge on any atom is 0.267 e. The fraction of sp³-hybridized carbons (Fsp3) is 0.0385. The Morgan fingerprint density at radius 3 is 1.61 bits per heavy atom. The third-order valence-corrected chi connectivity index (χ3v) is 10.2. The largest absolute Gasteiger partial charge is 0.459 e. The van der Waals surface area contributed by atoms with Gasteiger partial charge >= 0.3 is 0 Å². The van der Waals surface area contributed by atoms with E-state index in [4.69, 9.17) is 13.8 Å². The van der Waals surface area contributed by atoms with Crippen molar-refractivity contribution in [3.8, 4) is 11.7 Å². The van der Waals surface area contributed by atoms with Crippen molar-refractivity contribution in [2.45, 2.75) is 5.09 Å². The molecule has 5 heteroatoms. The Balaban J connectivity index is 1.90.